The molecule has 14 heteroatoms. The fourth-order valence-corrected chi connectivity index (χ4v) is 6.29. The van der Waals surface area contributed by atoms with Gasteiger partial charge in [-0.25, -0.2) is 4.98 Å². The predicted octanol–water partition coefficient (Wildman–Crippen LogP) is 4.13. The van der Waals surface area contributed by atoms with Gasteiger partial charge < -0.3 is 39.4 Å². The van der Waals surface area contributed by atoms with Gasteiger partial charge in [-0.05, 0) is 69.7 Å². The van der Waals surface area contributed by atoms with Crippen molar-refractivity contribution in [2.75, 3.05) is 58.8 Å². The molecular formula is C33H41N9O5. The van der Waals surface area contributed by atoms with Gasteiger partial charge >= 0.3 is 0 Å². The lowest BCUT2D eigenvalue weighted by molar-refractivity contribution is 0.0916. The summed E-state index contributed by atoms with van der Waals surface area (Å²) in [5.41, 5.74) is 2.78. The van der Waals surface area contributed by atoms with E-state index < -0.39 is 0 Å². The summed E-state index contributed by atoms with van der Waals surface area (Å²) >= 11 is 0. The van der Waals surface area contributed by atoms with Crippen LogP contribution in [0.3, 0.4) is 0 Å². The molecule has 0 aliphatic carbocycles. The number of piperidine rings is 1. The van der Waals surface area contributed by atoms with Gasteiger partial charge in [-0.2, -0.15) is 4.98 Å². The lowest BCUT2D eigenvalue weighted by atomic mass is 10.0. The van der Waals surface area contributed by atoms with E-state index in [9.17, 15) is 4.79 Å². The van der Waals surface area contributed by atoms with Gasteiger partial charge in [0.15, 0.2) is 23.1 Å². The molecule has 2 aliphatic heterocycles. The maximum absolute atomic E-state index is 13.1. The number of amides is 1. The number of aromatic nitrogens is 5. The minimum Gasteiger partial charge on any atom is -0.495 e. The Balaban J connectivity index is 1.31. The van der Waals surface area contributed by atoms with Crippen LogP contribution in [0.5, 0.6) is 23.0 Å². The van der Waals surface area contributed by atoms with Gasteiger partial charge in [0.2, 0.25) is 11.7 Å². The molecule has 4 heterocycles. The smallest absolute Gasteiger partial charge is 0.251 e. The second-order valence-electron chi connectivity index (χ2n) is 11.6. The van der Waals surface area contributed by atoms with E-state index in [0.717, 1.165) is 49.4 Å². The van der Waals surface area contributed by atoms with E-state index in [-0.39, 0.29) is 18.0 Å². The van der Waals surface area contributed by atoms with E-state index in [1.54, 1.807) is 53.1 Å². The number of methoxy groups -OCH3 is 4. The largest absolute Gasteiger partial charge is 0.495 e. The van der Waals surface area contributed by atoms with Crippen LogP contribution in [0, 0.1) is 0 Å². The fourth-order valence-electron chi connectivity index (χ4n) is 6.29. The number of likely N-dealkylation sites (tertiary alicyclic amines) is 1. The van der Waals surface area contributed by atoms with Crippen LogP contribution in [-0.2, 0) is 6.54 Å². The van der Waals surface area contributed by atoms with Crippen molar-refractivity contribution in [2.45, 2.75) is 44.8 Å². The molecule has 0 radical (unpaired) electrons. The molecule has 0 unspecified atom stereocenters. The fraction of sp³-hybridized carbons (Fsp3) is 0.424. The summed E-state index contributed by atoms with van der Waals surface area (Å²) in [7, 11) is 8.47. The molecule has 0 saturated carbocycles. The monoisotopic (exact) mass is 643 g/mol. The van der Waals surface area contributed by atoms with Gasteiger partial charge in [0.1, 0.15) is 17.8 Å². The number of hydrogen-bond acceptors (Lipinski definition) is 12. The van der Waals surface area contributed by atoms with E-state index in [4.69, 9.17) is 23.9 Å². The average Bonchev–Trinajstić information content (AvgIpc) is 3.59. The predicted molar refractivity (Wildman–Crippen MR) is 177 cm³/mol. The maximum Gasteiger partial charge on any atom is 0.251 e. The van der Waals surface area contributed by atoms with Crippen molar-refractivity contribution in [3.63, 3.8) is 0 Å². The van der Waals surface area contributed by atoms with Gasteiger partial charge in [-0.1, -0.05) is 6.92 Å². The highest BCUT2D eigenvalue weighted by atomic mass is 16.5. The van der Waals surface area contributed by atoms with Crippen LogP contribution in [0.4, 0.5) is 17.5 Å². The van der Waals surface area contributed by atoms with Crippen LogP contribution in [0.1, 0.15) is 54.0 Å². The minimum absolute atomic E-state index is 0.119. The zero-order valence-corrected chi connectivity index (χ0v) is 27.6. The maximum atomic E-state index is 13.1. The van der Waals surface area contributed by atoms with Crippen LogP contribution in [0.15, 0.2) is 42.9 Å². The van der Waals surface area contributed by atoms with Crippen LogP contribution in [0.25, 0.3) is 5.69 Å². The van der Waals surface area contributed by atoms with Gasteiger partial charge in [-0.3, -0.25) is 9.36 Å². The summed E-state index contributed by atoms with van der Waals surface area (Å²) in [5, 5.41) is 15.1. The molecule has 4 aromatic rings. The van der Waals surface area contributed by atoms with Crippen molar-refractivity contribution in [2.24, 2.45) is 0 Å². The molecule has 2 aromatic heterocycles. The van der Waals surface area contributed by atoms with Gasteiger partial charge in [-0.15, -0.1) is 10.2 Å². The number of nitrogens with zero attached hydrogens (tertiary/aromatic N) is 7. The Morgan fingerprint density at radius 1 is 0.979 bits per heavy atom. The Kier molecular flexibility index (Phi) is 9.29. The Morgan fingerprint density at radius 2 is 1.74 bits per heavy atom. The van der Waals surface area contributed by atoms with Crippen LogP contribution in [0.2, 0.25) is 0 Å². The lowest BCUT2D eigenvalue weighted by Crippen LogP contribution is -2.43. The highest BCUT2D eigenvalue weighted by molar-refractivity contribution is 5.95. The van der Waals surface area contributed by atoms with E-state index in [2.05, 4.69) is 49.6 Å². The van der Waals surface area contributed by atoms with Crippen molar-refractivity contribution < 1.29 is 23.7 Å². The molecule has 2 aromatic carbocycles. The first kappa shape index (κ1) is 31.9. The summed E-state index contributed by atoms with van der Waals surface area (Å²) < 4.78 is 24.6. The van der Waals surface area contributed by atoms with E-state index in [1.807, 2.05) is 22.8 Å². The van der Waals surface area contributed by atoms with Crippen LogP contribution in [-0.4, -0.2) is 90.2 Å². The first-order chi connectivity index (χ1) is 22.9. The molecule has 6 rings (SSSR count). The number of anilines is 3. The van der Waals surface area contributed by atoms with Crippen molar-refractivity contribution in [1.82, 2.24) is 34.9 Å². The van der Waals surface area contributed by atoms with Crippen molar-refractivity contribution in [1.29, 1.82) is 0 Å². The first-order valence-electron chi connectivity index (χ1n) is 15.6. The first-order valence-corrected chi connectivity index (χ1v) is 15.6. The molecule has 1 atom stereocenters. The van der Waals surface area contributed by atoms with Crippen molar-refractivity contribution >= 4 is 23.4 Å². The number of nitrogens with one attached hydrogen (secondary N) is 2. The zero-order chi connectivity index (χ0) is 33.1. The standard InChI is InChI=1S/C33H41N9O5/c1-7-24-31-39-35-19-42(31)25-17-34-33(38-30(25)41(24)18-21-9-11-26(44-3)29(47-6)28(21)46-5)37-23-10-8-20(16-27(23)45-4)32(43)36-22-12-14-40(2)15-13-22/h8-11,16-17,19,22,24H,7,12-15,18H2,1-6H3,(H,36,43)(H,34,37,38)/t24-/m1/s1. The Bertz CT molecular complexity index is 1740. The number of carbonyl (C=O) groups is 1. The molecule has 1 saturated heterocycles. The van der Waals surface area contributed by atoms with Gasteiger partial charge in [0, 0.05) is 23.7 Å². The minimum atomic E-state index is -0.137. The number of ether oxygens (including phenoxy) is 4. The number of hydrogen-bond donors (Lipinski definition) is 2. The number of rotatable bonds is 11. The third kappa shape index (κ3) is 6.20. The molecule has 248 valence electrons. The topological polar surface area (TPSA) is 141 Å². The summed E-state index contributed by atoms with van der Waals surface area (Å²) in [4.78, 5) is 27.1. The normalized spacial score (nSPS) is 16.2. The second kappa shape index (κ2) is 13.7. The van der Waals surface area contributed by atoms with Crippen molar-refractivity contribution in [3.8, 4) is 28.7 Å². The average molecular weight is 644 g/mol. The summed E-state index contributed by atoms with van der Waals surface area (Å²) in [6, 6.07) is 9.17. The zero-order valence-electron chi connectivity index (χ0n) is 27.6. The second-order valence-corrected chi connectivity index (χ2v) is 11.6. The third-order valence-electron chi connectivity index (χ3n) is 8.81. The molecule has 0 bridgehead atoms. The van der Waals surface area contributed by atoms with E-state index in [0.29, 0.717) is 52.6 Å². The van der Waals surface area contributed by atoms with Crippen molar-refractivity contribution in [3.05, 3.63) is 59.8 Å². The molecule has 47 heavy (non-hydrogen) atoms. The summed E-state index contributed by atoms with van der Waals surface area (Å²) in [5.74, 6) is 3.89. The molecule has 14 nitrogen and oxygen atoms in total. The quantitative estimate of drug-likeness (QED) is 0.243. The SMILES string of the molecule is CC[C@@H]1c2nncn2-c2cnc(Nc3ccc(C(=O)NC4CCN(C)CC4)cc3OC)nc2N1Cc1ccc(OC)c(OC)c1OC. The molecule has 2 aliphatic rings. The van der Waals surface area contributed by atoms with Gasteiger partial charge in [0.05, 0.1) is 46.4 Å². The molecule has 2 N–H and O–H groups in total. The third-order valence-corrected chi connectivity index (χ3v) is 8.81. The van der Waals surface area contributed by atoms with Gasteiger partial charge in [0.25, 0.3) is 5.91 Å². The summed E-state index contributed by atoms with van der Waals surface area (Å²) in [6.45, 7) is 4.47. The number of carbonyl (C=O) groups excluding carboxylic acids is 1. The number of fused-ring (bicyclic) bond motifs is 3. The van der Waals surface area contributed by atoms with Crippen LogP contribution < -0.4 is 34.5 Å². The number of benzene rings is 2. The molecule has 1 amide bonds. The highest BCUT2D eigenvalue weighted by Crippen LogP contribution is 2.44. The highest BCUT2D eigenvalue weighted by Gasteiger charge is 2.35. The Morgan fingerprint density at radius 3 is 2.45 bits per heavy atom. The lowest BCUT2D eigenvalue weighted by Gasteiger charge is -2.37. The molecule has 1 fully saturated rings. The van der Waals surface area contributed by atoms with E-state index in [1.165, 1.54) is 0 Å². The van der Waals surface area contributed by atoms with E-state index >= 15 is 0 Å². The molecular weight excluding hydrogens is 602 g/mol. The Hall–Kier alpha value is -5.11. The molecule has 0 spiro atoms. The van der Waals surface area contributed by atoms with Crippen LogP contribution >= 0.6 is 0 Å². The summed E-state index contributed by atoms with van der Waals surface area (Å²) in [6.07, 6.45) is 6.04. The Labute approximate surface area is 274 Å².